The van der Waals surface area contributed by atoms with Crippen LogP contribution in [0.5, 0.6) is 0 Å². The van der Waals surface area contributed by atoms with Crippen molar-refractivity contribution in [3.63, 3.8) is 0 Å². The maximum absolute atomic E-state index is 11.3. The average Bonchev–Trinajstić information content (AvgIpc) is 3.10. The number of thiazole rings is 1. The van der Waals surface area contributed by atoms with Gasteiger partial charge in [-0.1, -0.05) is 37.1 Å². The quantitative estimate of drug-likeness (QED) is 0.759. The van der Waals surface area contributed by atoms with Crippen LogP contribution in [0, 0.1) is 0 Å². The number of benzene rings is 1. The van der Waals surface area contributed by atoms with E-state index in [1.807, 2.05) is 24.3 Å². The van der Waals surface area contributed by atoms with Gasteiger partial charge in [0, 0.05) is 22.4 Å². The van der Waals surface area contributed by atoms with Crippen molar-refractivity contribution in [2.24, 2.45) is 0 Å². The molecule has 0 spiro atoms. The highest BCUT2D eigenvalue weighted by Gasteiger charge is 2.20. The summed E-state index contributed by atoms with van der Waals surface area (Å²) in [7, 11) is 0. The van der Waals surface area contributed by atoms with E-state index in [0.29, 0.717) is 5.92 Å². The summed E-state index contributed by atoms with van der Waals surface area (Å²) in [5, 5.41) is 3.42. The summed E-state index contributed by atoms with van der Waals surface area (Å²) in [5.74, 6) is 0.784. The summed E-state index contributed by atoms with van der Waals surface area (Å²) in [5.41, 5.74) is 2.91. The minimum atomic E-state index is 0.108. The molecule has 0 radical (unpaired) electrons. The van der Waals surface area contributed by atoms with Gasteiger partial charge in [-0.25, -0.2) is 4.98 Å². The lowest BCUT2D eigenvalue weighted by Gasteiger charge is -2.03. The Kier molecular flexibility index (Phi) is 3.47. The van der Waals surface area contributed by atoms with Gasteiger partial charge in [0.1, 0.15) is 0 Å². The van der Waals surface area contributed by atoms with Gasteiger partial charge in [0.05, 0.1) is 10.7 Å². The molecule has 1 fully saturated rings. The number of nitrogens with zero attached hydrogens (tertiary/aromatic N) is 1. The topological polar surface area (TPSA) is 30.0 Å². The minimum Gasteiger partial charge on any atom is -0.295 e. The second-order valence-electron chi connectivity index (χ2n) is 5.19. The van der Waals surface area contributed by atoms with Gasteiger partial charge in [-0.15, -0.1) is 11.3 Å². The van der Waals surface area contributed by atoms with E-state index in [4.69, 9.17) is 4.98 Å². The SMILES string of the molecule is CC(=O)c1ccc(-c2csc(C3CCCC3)n2)cc1. The molecule has 1 aromatic heterocycles. The van der Waals surface area contributed by atoms with Crippen LogP contribution in [0.3, 0.4) is 0 Å². The standard InChI is InChI=1S/C16H17NOS/c1-11(18)12-6-8-13(9-7-12)15-10-19-16(17-15)14-4-2-3-5-14/h6-10,14H,2-5H2,1H3. The third kappa shape index (κ3) is 2.61. The van der Waals surface area contributed by atoms with Crippen molar-refractivity contribution >= 4 is 17.1 Å². The molecule has 3 heteroatoms. The molecule has 2 nitrogen and oxygen atoms in total. The zero-order chi connectivity index (χ0) is 13.2. The highest BCUT2D eigenvalue weighted by atomic mass is 32.1. The van der Waals surface area contributed by atoms with Crippen LogP contribution in [0.2, 0.25) is 0 Å². The summed E-state index contributed by atoms with van der Waals surface area (Å²) in [6.45, 7) is 1.59. The number of hydrogen-bond donors (Lipinski definition) is 0. The van der Waals surface area contributed by atoms with E-state index in [-0.39, 0.29) is 5.78 Å². The smallest absolute Gasteiger partial charge is 0.159 e. The second-order valence-corrected chi connectivity index (χ2v) is 6.08. The van der Waals surface area contributed by atoms with Crippen molar-refractivity contribution in [1.29, 1.82) is 0 Å². The number of carbonyl (C=O) groups excluding carboxylic acids is 1. The third-order valence-corrected chi connectivity index (χ3v) is 4.82. The molecule has 0 saturated heterocycles. The molecular formula is C16H17NOS. The van der Waals surface area contributed by atoms with Crippen molar-refractivity contribution in [3.8, 4) is 11.3 Å². The molecule has 0 atom stereocenters. The summed E-state index contributed by atoms with van der Waals surface area (Å²) >= 11 is 1.77. The highest BCUT2D eigenvalue weighted by Crippen LogP contribution is 2.37. The molecule has 0 aliphatic heterocycles. The molecule has 1 aliphatic carbocycles. The largest absolute Gasteiger partial charge is 0.295 e. The lowest BCUT2D eigenvalue weighted by Crippen LogP contribution is -1.92. The zero-order valence-corrected chi connectivity index (χ0v) is 11.9. The fourth-order valence-corrected chi connectivity index (χ4v) is 3.66. The molecule has 0 N–H and O–H groups in total. The average molecular weight is 271 g/mol. The molecule has 1 saturated carbocycles. The van der Waals surface area contributed by atoms with Gasteiger partial charge in [0.2, 0.25) is 0 Å². The lowest BCUT2D eigenvalue weighted by molar-refractivity contribution is 0.101. The zero-order valence-electron chi connectivity index (χ0n) is 11.1. The second kappa shape index (κ2) is 5.25. The fraction of sp³-hybridized carbons (Fsp3) is 0.375. The van der Waals surface area contributed by atoms with Crippen molar-refractivity contribution in [3.05, 3.63) is 40.2 Å². The molecule has 98 valence electrons. The first-order valence-corrected chi connectivity index (χ1v) is 7.69. The van der Waals surface area contributed by atoms with Crippen LogP contribution in [-0.2, 0) is 0 Å². The fourth-order valence-electron chi connectivity index (χ4n) is 2.66. The predicted octanol–water partition coefficient (Wildman–Crippen LogP) is 4.67. The number of rotatable bonds is 3. The van der Waals surface area contributed by atoms with E-state index >= 15 is 0 Å². The Hall–Kier alpha value is -1.48. The van der Waals surface area contributed by atoms with Crippen molar-refractivity contribution in [2.75, 3.05) is 0 Å². The van der Waals surface area contributed by atoms with Gasteiger partial charge in [0.25, 0.3) is 0 Å². The van der Waals surface area contributed by atoms with E-state index in [2.05, 4.69) is 5.38 Å². The van der Waals surface area contributed by atoms with Crippen molar-refractivity contribution in [2.45, 2.75) is 38.5 Å². The Balaban J connectivity index is 1.83. The summed E-state index contributed by atoms with van der Waals surface area (Å²) in [6.07, 6.45) is 5.26. The lowest BCUT2D eigenvalue weighted by atomic mass is 10.1. The van der Waals surface area contributed by atoms with Crippen LogP contribution < -0.4 is 0 Å². The number of Topliss-reactive ketones (excluding diaryl/α,β-unsaturated/α-hetero) is 1. The number of carbonyl (C=O) groups is 1. The molecule has 0 amide bonds. The minimum absolute atomic E-state index is 0.108. The van der Waals surface area contributed by atoms with Crippen LogP contribution in [0.15, 0.2) is 29.6 Å². The predicted molar refractivity (Wildman–Crippen MR) is 78.8 cm³/mol. The molecule has 0 bridgehead atoms. The van der Waals surface area contributed by atoms with Crippen LogP contribution in [0.4, 0.5) is 0 Å². The maximum Gasteiger partial charge on any atom is 0.159 e. The van der Waals surface area contributed by atoms with Crippen LogP contribution in [0.1, 0.15) is 53.9 Å². The summed E-state index contributed by atoms with van der Waals surface area (Å²) in [6, 6.07) is 7.74. The Labute approximate surface area is 117 Å². The third-order valence-electron chi connectivity index (χ3n) is 3.81. The monoisotopic (exact) mass is 271 g/mol. The van der Waals surface area contributed by atoms with Gasteiger partial charge in [-0.3, -0.25) is 4.79 Å². The highest BCUT2D eigenvalue weighted by molar-refractivity contribution is 7.10. The van der Waals surface area contributed by atoms with Gasteiger partial charge in [-0.05, 0) is 19.8 Å². The first-order valence-electron chi connectivity index (χ1n) is 6.81. The van der Waals surface area contributed by atoms with Crippen molar-refractivity contribution < 1.29 is 4.79 Å². The first kappa shape index (κ1) is 12.5. The molecule has 2 aromatic rings. The Bertz CT molecular complexity index is 579. The molecule has 1 heterocycles. The van der Waals surface area contributed by atoms with E-state index in [1.54, 1.807) is 18.3 Å². The normalized spacial score (nSPS) is 15.8. The van der Waals surface area contributed by atoms with Gasteiger partial charge >= 0.3 is 0 Å². The van der Waals surface area contributed by atoms with E-state index in [0.717, 1.165) is 16.8 Å². The van der Waals surface area contributed by atoms with E-state index in [1.165, 1.54) is 30.7 Å². The number of ketones is 1. The van der Waals surface area contributed by atoms with Crippen LogP contribution in [-0.4, -0.2) is 10.8 Å². The maximum atomic E-state index is 11.3. The van der Waals surface area contributed by atoms with Crippen molar-refractivity contribution in [1.82, 2.24) is 4.98 Å². The first-order chi connectivity index (χ1) is 9.24. The summed E-state index contributed by atoms with van der Waals surface area (Å²) in [4.78, 5) is 16.0. The number of hydrogen-bond acceptors (Lipinski definition) is 3. The Morgan fingerprint density at radius 2 is 1.89 bits per heavy atom. The molecule has 1 aliphatic rings. The number of aromatic nitrogens is 1. The van der Waals surface area contributed by atoms with Gasteiger partial charge in [0.15, 0.2) is 5.78 Å². The van der Waals surface area contributed by atoms with Crippen LogP contribution in [0.25, 0.3) is 11.3 Å². The van der Waals surface area contributed by atoms with Gasteiger partial charge < -0.3 is 0 Å². The molecule has 1 aromatic carbocycles. The molecule has 3 rings (SSSR count). The molecule has 0 unspecified atom stereocenters. The Morgan fingerprint density at radius 3 is 2.53 bits per heavy atom. The summed E-state index contributed by atoms with van der Waals surface area (Å²) < 4.78 is 0. The van der Waals surface area contributed by atoms with E-state index in [9.17, 15) is 4.79 Å². The Morgan fingerprint density at radius 1 is 1.21 bits per heavy atom. The van der Waals surface area contributed by atoms with Crippen LogP contribution >= 0.6 is 11.3 Å². The van der Waals surface area contributed by atoms with E-state index < -0.39 is 0 Å². The van der Waals surface area contributed by atoms with Gasteiger partial charge in [-0.2, -0.15) is 0 Å². The molecule has 19 heavy (non-hydrogen) atoms. The molecular weight excluding hydrogens is 254 g/mol.